The molecule has 1 aromatic carbocycles. The summed E-state index contributed by atoms with van der Waals surface area (Å²) in [6.45, 7) is 3.80. The van der Waals surface area contributed by atoms with Gasteiger partial charge >= 0.3 is 0 Å². The van der Waals surface area contributed by atoms with Crippen LogP contribution in [-0.4, -0.2) is 11.4 Å². The second-order valence-corrected chi connectivity index (χ2v) is 4.48. The fourth-order valence-corrected chi connectivity index (χ4v) is 1.94. The second-order valence-electron chi connectivity index (χ2n) is 4.07. The van der Waals surface area contributed by atoms with Crippen LogP contribution in [0.2, 0.25) is 5.02 Å². The Kier molecular flexibility index (Phi) is 2.04. The van der Waals surface area contributed by atoms with E-state index in [0.29, 0.717) is 22.8 Å². The summed E-state index contributed by atoms with van der Waals surface area (Å²) >= 11 is 5.93. The molecule has 0 atom stereocenters. The molecule has 1 aliphatic rings. The van der Waals surface area contributed by atoms with Crippen molar-refractivity contribution in [3.05, 3.63) is 28.8 Å². The Bertz CT molecular complexity index is 396. The first-order valence-electron chi connectivity index (χ1n) is 4.50. The normalized spacial score (nSPS) is 18.6. The molecular weight excluding hydrogens is 200 g/mol. The highest BCUT2D eigenvalue weighted by Gasteiger charge is 2.33. The molecule has 1 aromatic rings. The van der Waals surface area contributed by atoms with Gasteiger partial charge in [0.15, 0.2) is 5.78 Å². The summed E-state index contributed by atoms with van der Waals surface area (Å²) in [5, 5.41) is 0.475. The van der Waals surface area contributed by atoms with Gasteiger partial charge in [-0.1, -0.05) is 17.7 Å². The van der Waals surface area contributed by atoms with Crippen molar-refractivity contribution >= 4 is 17.4 Å². The Morgan fingerprint density at radius 2 is 2.14 bits per heavy atom. The highest BCUT2D eigenvalue weighted by atomic mass is 35.5. The van der Waals surface area contributed by atoms with Crippen LogP contribution >= 0.6 is 11.6 Å². The van der Waals surface area contributed by atoms with Gasteiger partial charge in [0.1, 0.15) is 11.4 Å². The third kappa shape index (κ3) is 1.50. The van der Waals surface area contributed by atoms with Crippen LogP contribution in [-0.2, 0) is 0 Å². The van der Waals surface area contributed by atoms with Gasteiger partial charge in [0.05, 0.1) is 17.0 Å². The predicted octanol–water partition coefficient (Wildman–Crippen LogP) is 3.08. The lowest BCUT2D eigenvalue weighted by Gasteiger charge is -2.31. The molecule has 14 heavy (non-hydrogen) atoms. The van der Waals surface area contributed by atoms with E-state index in [0.717, 1.165) is 0 Å². The topological polar surface area (TPSA) is 26.3 Å². The molecule has 0 aromatic heterocycles. The lowest BCUT2D eigenvalue weighted by molar-refractivity contribution is 0.0620. The van der Waals surface area contributed by atoms with E-state index in [1.807, 2.05) is 13.8 Å². The van der Waals surface area contributed by atoms with Crippen molar-refractivity contribution < 1.29 is 9.53 Å². The molecule has 0 fully saturated rings. The Labute approximate surface area is 87.8 Å². The Morgan fingerprint density at radius 1 is 1.43 bits per heavy atom. The maximum Gasteiger partial charge on any atom is 0.172 e. The monoisotopic (exact) mass is 210 g/mol. The molecule has 0 radical (unpaired) electrons. The SMILES string of the molecule is CC1(C)CC(=O)c2c(Cl)cccc2O1. The number of carbonyl (C=O) groups excluding carboxylic acids is 1. The van der Waals surface area contributed by atoms with Gasteiger partial charge in [0.25, 0.3) is 0 Å². The number of carbonyl (C=O) groups is 1. The van der Waals surface area contributed by atoms with E-state index >= 15 is 0 Å². The van der Waals surface area contributed by atoms with E-state index in [4.69, 9.17) is 16.3 Å². The van der Waals surface area contributed by atoms with Gasteiger partial charge in [0, 0.05) is 0 Å². The van der Waals surface area contributed by atoms with Gasteiger partial charge in [-0.3, -0.25) is 4.79 Å². The van der Waals surface area contributed by atoms with Crippen LogP contribution in [0.1, 0.15) is 30.6 Å². The molecule has 0 spiro atoms. The van der Waals surface area contributed by atoms with Crippen LogP contribution in [0.3, 0.4) is 0 Å². The van der Waals surface area contributed by atoms with Gasteiger partial charge in [-0.2, -0.15) is 0 Å². The minimum atomic E-state index is -0.422. The van der Waals surface area contributed by atoms with E-state index in [2.05, 4.69) is 0 Å². The molecule has 1 aliphatic heterocycles. The molecule has 74 valence electrons. The van der Waals surface area contributed by atoms with E-state index in [-0.39, 0.29) is 5.78 Å². The number of fused-ring (bicyclic) bond motifs is 1. The third-order valence-corrected chi connectivity index (χ3v) is 2.54. The Hall–Kier alpha value is -1.02. The van der Waals surface area contributed by atoms with Crippen LogP contribution in [0, 0.1) is 0 Å². The summed E-state index contributed by atoms with van der Waals surface area (Å²) in [5.74, 6) is 0.653. The van der Waals surface area contributed by atoms with Gasteiger partial charge in [-0.25, -0.2) is 0 Å². The first kappa shape index (κ1) is 9.53. The molecule has 0 saturated heterocycles. The van der Waals surface area contributed by atoms with Crippen LogP contribution in [0.15, 0.2) is 18.2 Å². The molecule has 0 unspecified atom stereocenters. The standard InChI is InChI=1S/C11H11ClO2/c1-11(2)6-8(13)10-7(12)4-3-5-9(10)14-11/h3-5H,6H2,1-2H3. The van der Waals surface area contributed by atoms with E-state index in [1.165, 1.54) is 0 Å². The molecule has 0 bridgehead atoms. The fourth-order valence-electron chi connectivity index (χ4n) is 1.67. The summed E-state index contributed by atoms with van der Waals surface area (Å²) in [6.07, 6.45) is 0.379. The molecule has 0 N–H and O–H groups in total. The summed E-state index contributed by atoms with van der Waals surface area (Å²) < 4.78 is 5.67. The molecular formula is C11H11ClO2. The Balaban J connectivity index is 2.56. The Morgan fingerprint density at radius 3 is 2.86 bits per heavy atom. The van der Waals surface area contributed by atoms with E-state index in [1.54, 1.807) is 18.2 Å². The highest BCUT2D eigenvalue weighted by Crippen LogP contribution is 2.36. The fraction of sp³-hybridized carbons (Fsp3) is 0.364. The van der Waals surface area contributed by atoms with Crippen molar-refractivity contribution in [1.82, 2.24) is 0 Å². The number of rotatable bonds is 0. The van der Waals surface area contributed by atoms with Gasteiger partial charge < -0.3 is 4.74 Å². The summed E-state index contributed by atoms with van der Waals surface area (Å²) in [5.41, 5.74) is 0.0999. The van der Waals surface area contributed by atoms with Crippen molar-refractivity contribution in [3.8, 4) is 5.75 Å². The van der Waals surface area contributed by atoms with Crippen molar-refractivity contribution in [2.45, 2.75) is 25.9 Å². The quantitative estimate of drug-likeness (QED) is 0.658. The molecule has 2 nitrogen and oxygen atoms in total. The van der Waals surface area contributed by atoms with Crippen LogP contribution in [0.4, 0.5) is 0 Å². The summed E-state index contributed by atoms with van der Waals surface area (Å²) in [4.78, 5) is 11.8. The van der Waals surface area contributed by atoms with Crippen LogP contribution < -0.4 is 4.74 Å². The van der Waals surface area contributed by atoms with Crippen LogP contribution in [0.5, 0.6) is 5.75 Å². The third-order valence-electron chi connectivity index (χ3n) is 2.23. The van der Waals surface area contributed by atoms with Gasteiger partial charge in [-0.05, 0) is 26.0 Å². The molecule has 0 aliphatic carbocycles. The largest absolute Gasteiger partial charge is 0.487 e. The number of hydrogen-bond acceptors (Lipinski definition) is 2. The van der Waals surface area contributed by atoms with E-state index in [9.17, 15) is 4.79 Å². The molecule has 0 saturated carbocycles. The highest BCUT2D eigenvalue weighted by molar-refractivity contribution is 6.34. The average Bonchev–Trinajstić information content (AvgIpc) is 2.00. The lowest BCUT2D eigenvalue weighted by atomic mass is 9.93. The zero-order valence-corrected chi connectivity index (χ0v) is 8.89. The number of ketones is 1. The summed E-state index contributed by atoms with van der Waals surface area (Å²) in [7, 11) is 0. The maximum absolute atomic E-state index is 11.8. The van der Waals surface area contributed by atoms with Gasteiger partial charge in [-0.15, -0.1) is 0 Å². The van der Waals surface area contributed by atoms with Crippen molar-refractivity contribution in [2.75, 3.05) is 0 Å². The molecule has 2 rings (SSSR count). The van der Waals surface area contributed by atoms with Crippen molar-refractivity contribution in [1.29, 1.82) is 0 Å². The molecule has 1 heterocycles. The maximum atomic E-state index is 11.8. The molecule has 3 heteroatoms. The minimum Gasteiger partial charge on any atom is -0.487 e. The minimum absolute atomic E-state index is 0.0573. The summed E-state index contributed by atoms with van der Waals surface area (Å²) in [6, 6.07) is 5.27. The first-order valence-corrected chi connectivity index (χ1v) is 4.88. The second kappa shape index (κ2) is 2.99. The van der Waals surface area contributed by atoms with Crippen molar-refractivity contribution in [3.63, 3.8) is 0 Å². The first-order chi connectivity index (χ1) is 6.49. The zero-order chi connectivity index (χ0) is 10.3. The predicted molar refractivity (Wildman–Crippen MR) is 55.1 cm³/mol. The van der Waals surface area contributed by atoms with Crippen molar-refractivity contribution in [2.24, 2.45) is 0 Å². The molecule has 0 amide bonds. The van der Waals surface area contributed by atoms with E-state index < -0.39 is 5.60 Å². The zero-order valence-electron chi connectivity index (χ0n) is 8.13. The van der Waals surface area contributed by atoms with Crippen LogP contribution in [0.25, 0.3) is 0 Å². The lowest BCUT2D eigenvalue weighted by Crippen LogP contribution is -2.35. The van der Waals surface area contributed by atoms with Gasteiger partial charge in [0.2, 0.25) is 0 Å². The average molecular weight is 211 g/mol. The number of benzene rings is 1. The number of Topliss-reactive ketones (excluding diaryl/α,β-unsaturated/α-hetero) is 1. The number of hydrogen-bond donors (Lipinski definition) is 0. The number of halogens is 1. The number of ether oxygens (including phenoxy) is 1. The smallest absolute Gasteiger partial charge is 0.172 e.